The fraction of sp³-hybridized carbons (Fsp3) is 1.00. The van der Waals surface area contributed by atoms with Crippen LogP contribution in [0, 0.1) is 46.3 Å². The molecule has 0 aliphatic heterocycles. The molecule has 2 nitrogen and oxygen atoms in total. The Kier molecular flexibility index (Phi) is 5.95. The van der Waals surface area contributed by atoms with Crippen molar-refractivity contribution in [2.75, 3.05) is 0 Å². The third kappa shape index (κ3) is 3.63. The summed E-state index contributed by atoms with van der Waals surface area (Å²) in [5, 5.41) is 20.8. The van der Waals surface area contributed by atoms with E-state index in [9.17, 15) is 10.2 Å². The first-order valence-electron chi connectivity index (χ1n) is 13.0. The van der Waals surface area contributed by atoms with Gasteiger partial charge in [-0.25, -0.2) is 0 Å². The van der Waals surface area contributed by atoms with Gasteiger partial charge in [0.25, 0.3) is 0 Å². The van der Waals surface area contributed by atoms with Crippen molar-refractivity contribution in [3.05, 3.63) is 0 Å². The maximum atomic E-state index is 11.0. The molecule has 29 heavy (non-hydrogen) atoms. The van der Waals surface area contributed by atoms with Crippen molar-refractivity contribution < 1.29 is 10.2 Å². The van der Waals surface area contributed by atoms with Crippen molar-refractivity contribution in [1.82, 2.24) is 0 Å². The molecule has 0 radical (unpaired) electrons. The second kappa shape index (κ2) is 7.80. The number of aliphatic hydroxyl groups is 2. The molecule has 0 aromatic rings. The minimum Gasteiger partial charge on any atom is -0.393 e. The van der Waals surface area contributed by atoms with Crippen LogP contribution >= 0.6 is 0 Å². The quantitative estimate of drug-likeness (QED) is 0.543. The summed E-state index contributed by atoms with van der Waals surface area (Å²) in [5.41, 5.74) is 0.626. The summed E-state index contributed by atoms with van der Waals surface area (Å²) in [5.74, 6) is 5.09. The Balaban J connectivity index is 1.50. The van der Waals surface area contributed by atoms with Gasteiger partial charge < -0.3 is 10.2 Å². The average molecular weight is 405 g/mol. The molecule has 4 rings (SSSR count). The fourth-order valence-electron chi connectivity index (χ4n) is 9.32. The molecule has 0 aromatic carbocycles. The summed E-state index contributed by atoms with van der Waals surface area (Å²) in [7, 11) is 0. The molecule has 4 fully saturated rings. The Morgan fingerprint density at radius 1 is 0.862 bits per heavy atom. The van der Waals surface area contributed by atoms with E-state index in [0.717, 1.165) is 61.2 Å². The summed E-state index contributed by atoms with van der Waals surface area (Å²) in [6, 6.07) is 0. The van der Waals surface area contributed by atoms with E-state index < -0.39 is 0 Å². The van der Waals surface area contributed by atoms with Crippen molar-refractivity contribution in [2.45, 2.75) is 123 Å². The smallest absolute Gasteiger partial charge is 0.0648 e. The largest absolute Gasteiger partial charge is 0.393 e. The van der Waals surface area contributed by atoms with Crippen LogP contribution in [-0.2, 0) is 0 Å². The maximum absolute atomic E-state index is 11.0. The summed E-state index contributed by atoms with van der Waals surface area (Å²) >= 11 is 0. The van der Waals surface area contributed by atoms with Gasteiger partial charge in [-0.3, -0.25) is 0 Å². The van der Waals surface area contributed by atoms with Crippen LogP contribution in [0.1, 0.15) is 112 Å². The van der Waals surface area contributed by atoms with Crippen LogP contribution in [0.2, 0.25) is 0 Å². The summed E-state index contributed by atoms with van der Waals surface area (Å²) in [4.78, 5) is 0. The van der Waals surface area contributed by atoms with E-state index in [1.165, 1.54) is 51.4 Å². The average Bonchev–Trinajstić information content (AvgIpc) is 3.04. The highest BCUT2D eigenvalue weighted by molar-refractivity contribution is 5.10. The van der Waals surface area contributed by atoms with E-state index in [4.69, 9.17) is 0 Å². The second-order valence-electron chi connectivity index (χ2n) is 12.6. The third-order valence-electron chi connectivity index (χ3n) is 11.3. The van der Waals surface area contributed by atoms with Gasteiger partial charge in [0.05, 0.1) is 11.7 Å². The summed E-state index contributed by atoms with van der Waals surface area (Å²) < 4.78 is 0. The Labute approximate surface area is 180 Å². The zero-order valence-electron chi connectivity index (χ0n) is 19.9. The third-order valence-corrected chi connectivity index (χ3v) is 11.3. The SMILES string of the molecule is CC[C@]1(O)CC[C@@]2(C)[C@@H](CC[C@@H]3[C@@H]2CC[C@]2(C)[C@@H]([C@H](C)CC[C@@H](C)O)CC[C@@H]32)C1. The zero-order valence-corrected chi connectivity index (χ0v) is 19.9. The van der Waals surface area contributed by atoms with Crippen LogP contribution in [0.25, 0.3) is 0 Å². The topological polar surface area (TPSA) is 40.5 Å². The lowest BCUT2D eigenvalue weighted by Crippen LogP contribution is -2.56. The zero-order chi connectivity index (χ0) is 21.0. The van der Waals surface area contributed by atoms with E-state index in [1.807, 2.05) is 6.92 Å². The summed E-state index contributed by atoms with van der Waals surface area (Å²) in [6.45, 7) is 11.9. The van der Waals surface area contributed by atoms with E-state index in [-0.39, 0.29) is 11.7 Å². The standard InChI is InChI=1S/C27H48O2/c1-6-27(29)16-15-25(4)20(17-27)9-10-21-23-12-11-22(18(2)7-8-19(3)28)26(23,5)14-13-24(21)25/h18-24,28-29H,6-17H2,1-5H3/t18-,19-,20+,21+,22-,23+,24+,25+,26-,27+/m1/s1. The molecule has 2 heteroatoms. The number of rotatable bonds is 5. The highest BCUT2D eigenvalue weighted by Gasteiger charge is 2.61. The van der Waals surface area contributed by atoms with Gasteiger partial charge in [-0.2, -0.15) is 0 Å². The highest BCUT2D eigenvalue weighted by atomic mass is 16.3. The molecule has 2 N–H and O–H groups in total. The molecule has 0 spiro atoms. The van der Waals surface area contributed by atoms with E-state index in [0.29, 0.717) is 10.8 Å². The van der Waals surface area contributed by atoms with Gasteiger partial charge in [-0.05, 0) is 130 Å². The minimum atomic E-state index is -0.377. The molecular weight excluding hydrogens is 356 g/mol. The normalized spacial score (nSPS) is 51.6. The predicted molar refractivity (Wildman–Crippen MR) is 121 cm³/mol. The molecule has 0 bridgehead atoms. The molecule has 0 unspecified atom stereocenters. The van der Waals surface area contributed by atoms with Crippen LogP contribution in [0.5, 0.6) is 0 Å². The molecule has 0 saturated heterocycles. The molecule has 0 amide bonds. The minimum absolute atomic E-state index is 0.151. The lowest BCUT2D eigenvalue weighted by molar-refractivity contribution is -0.152. The number of aliphatic hydroxyl groups excluding tert-OH is 1. The lowest BCUT2D eigenvalue weighted by Gasteiger charge is -2.62. The highest BCUT2D eigenvalue weighted by Crippen LogP contribution is 2.69. The fourth-order valence-corrected chi connectivity index (χ4v) is 9.32. The Hall–Kier alpha value is -0.0800. The van der Waals surface area contributed by atoms with E-state index >= 15 is 0 Å². The van der Waals surface area contributed by atoms with Gasteiger partial charge >= 0.3 is 0 Å². The Morgan fingerprint density at radius 3 is 2.28 bits per heavy atom. The van der Waals surface area contributed by atoms with E-state index in [1.54, 1.807) is 0 Å². The Morgan fingerprint density at radius 2 is 1.59 bits per heavy atom. The Bertz CT molecular complexity index is 587. The monoisotopic (exact) mass is 404 g/mol. The molecule has 4 aliphatic carbocycles. The molecule has 4 saturated carbocycles. The van der Waals surface area contributed by atoms with Gasteiger partial charge in [-0.1, -0.05) is 27.7 Å². The van der Waals surface area contributed by atoms with Crippen molar-refractivity contribution in [3.8, 4) is 0 Å². The summed E-state index contributed by atoms with van der Waals surface area (Å²) in [6.07, 6.45) is 14.8. The van der Waals surface area contributed by atoms with Gasteiger partial charge in [-0.15, -0.1) is 0 Å². The molecule has 168 valence electrons. The first kappa shape index (κ1) is 22.1. The van der Waals surface area contributed by atoms with Crippen molar-refractivity contribution in [2.24, 2.45) is 46.3 Å². The first-order valence-corrected chi connectivity index (χ1v) is 13.0. The second-order valence-corrected chi connectivity index (χ2v) is 12.6. The molecule has 0 heterocycles. The predicted octanol–water partition coefficient (Wildman–Crippen LogP) is 6.58. The molecule has 0 aromatic heterocycles. The lowest BCUT2D eigenvalue weighted by atomic mass is 9.43. The van der Waals surface area contributed by atoms with Gasteiger partial charge in [0.1, 0.15) is 0 Å². The van der Waals surface area contributed by atoms with Crippen molar-refractivity contribution in [1.29, 1.82) is 0 Å². The van der Waals surface area contributed by atoms with Gasteiger partial charge in [0, 0.05) is 0 Å². The van der Waals surface area contributed by atoms with Crippen LogP contribution in [0.15, 0.2) is 0 Å². The number of hydrogen-bond donors (Lipinski definition) is 2. The van der Waals surface area contributed by atoms with Gasteiger partial charge in [0.15, 0.2) is 0 Å². The van der Waals surface area contributed by atoms with Crippen molar-refractivity contribution >= 4 is 0 Å². The number of fused-ring (bicyclic) bond motifs is 5. The molecule has 4 aliphatic rings. The maximum Gasteiger partial charge on any atom is 0.0648 e. The first-order chi connectivity index (χ1) is 13.6. The van der Waals surface area contributed by atoms with Crippen LogP contribution in [0.3, 0.4) is 0 Å². The number of hydrogen-bond acceptors (Lipinski definition) is 2. The van der Waals surface area contributed by atoms with Crippen LogP contribution < -0.4 is 0 Å². The van der Waals surface area contributed by atoms with Crippen LogP contribution in [0.4, 0.5) is 0 Å². The molecular formula is C27H48O2. The van der Waals surface area contributed by atoms with Crippen LogP contribution in [-0.4, -0.2) is 21.9 Å². The van der Waals surface area contributed by atoms with Gasteiger partial charge in [0.2, 0.25) is 0 Å². The van der Waals surface area contributed by atoms with Crippen molar-refractivity contribution in [3.63, 3.8) is 0 Å². The molecule has 10 atom stereocenters. The van der Waals surface area contributed by atoms with E-state index in [2.05, 4.69) is 27.7 Å².